The van der Waals surface area contributed by atoms with Crippen LogP contribution >= 0.6 is 15.9 Å². The van der Waals surface area contributed by atoms with Crippen LogP contribution in [0, 0.1) is 13.8 Å². The Morgan fingerprint density at radius 3 is 2.59 bits per heavy atom. The SMILES string of the molecule is Cc1cc(C(O)C2CCC(C)O2)c(C)cc1Br. The van der Waals surface area contributed by atoms with E-state index in [-0.39, 0.29) is 12.2 Å². The van der Waals surface area contributed by atoms with Gasteiger partial charge in [-0.1, -0.05) is 22.0 Å². The third-order valence-electron chi connectivity index (χ3n) is 3.48. The van der Waals surface area contributed by atoms with Gasteiger partial charge in [0, 0.05) is 4.47 Å². The Morgan fingerprint density at radius 2 is 2.00 bits per heavy atom. The molecule has 0 saturated carbocycles. The molecule has 1 aliphatic rings. The molecule has 2 nitrogen and oxygen atoms in total. The van der Waals surface area contributed by atoms with Gasteiger partial charge in [-0.25, -0.2) is 0 Å². The van der Waals surface area contributed by atoms with Gasteiger partial charge in [0.25, 0.3) is 0 Å². The van der Waals surface area contributed by atoms with Crippen LogP contribution in [-0.2, 0) is 4.74 Å². The molecule has 2 rings (SSSR count). The van der Waals surface area contributed by atoms with Gasteiger partial charge in [-0.05, 0) is 56.4 Å². The molecular formula is C14H19BrO2. The van der Waals surface area contributed by atoms with Crippen molar-refractivity contribution in [1.29, 1.82) is 0 Å². The van der Waals surface area contributed by atoms with Gasteiger partial charge >= 0.3 is 0 Å². The third kappa shape index (κ3) is 2.72. The summed E-state index contributed by atoms with van der Waals surface area (Å²) in [7, 11) is 0. The predicted molar refractivity (Wildman–Crippen MR) is 72.1 cm³/mol. The van der Waals surface area contributed by atoms with Crippen LogP contribution in [0.1, 0.15) is 42.6 Å². The molecule has 17 heavy (non-hydrogen) atoms. The first-order chi connectivity index (χ1) is 7.99. The summed E-state index contributed by atoms with van der Waals surface area (Å²) in [6, 6.07) is 4.11. The van der Waals surface area contributed by atoms with Gasteiger partial charge in [-0.15, -0.1) is 0 Å². The van der Waals surface area contributed by atoms with Crippen LogP contribution in [0.2, 0.25) is 0 Å². The molecule has 1 aromatic carbocycles. The van der Waals surface area contributed by atoms with Crippen LogP contribution in [0.4, 0.5) is 0 Å². The van der Waals surface area contributed by atoms with Gasteiger partial charge in [0.1, 0.15) is 6.10 Å². The lowest BCUT2D eigenvalue weighted by Crippen LogP contribution is -2.19. The summed E-state index contributed by atoms with van der Waals surface area (Å²) in [6.45, 7) is 6.13. The van der Waals surface area contributed by atoms with E-state index < -0.39 is 6.10 Å². The van der Waals surface area contributed by atoms with Crippen molar-refractivity contribution in [3.8, 4) is 0 Å². The van der Waals surface area contributed by atoms with E-state index in [4.69, 9.17) is 4.74 Å². The van der Waals surface area contributed by atoms with E-state index in [0.717, 1.165) is 34.0 Å². The second-order valence-corrected chi connectivity index (χ2v) is 5.82. The van der Waals surface area contributed by atoms with Crippen molar-refractivity contribution in [2.75, 3.05) is 0 Å². The molecular weight excluding hydrogens is 280 g/mol. The van der Waals surface area contributed by atoms with Crippen LogP contribution in [0.25, 0.3) is 0 Å². The molecule has 1 aromatic rings. The van der Waals surface area contributed by atoms with E-state index in [1.165, 1.54) is 0 Å². The number of aliphatic hydroxyl groups excluding tert-OH is 1. The third-order valence-corrected chi connectivity index (χ3v) is 4.34. The second-order valence-electron chi connectivity index (χ2n) is 4.97. The van der Waals surface area contributed by atoms with Crippen molar-refractivity contribution in [2.45, 2.75) is 51.9 Å². The number of aryl methyl sites for hydroxylation is 2. The summed E-state index contributed by atoms with van der Waals surface area (Å²) in [6.07, 6.45) is 1.69. The molecule has 1 N–H and O–H groups in total. The highest BCUT2D eigenvalue weighted by Crippen LogP contribution is 2.33. The van der Waals surface area contributed by atoms with Crippen molar-refractivity contribution < 1.29 is 9.84 Å². The maximum atomic E-state index is 10.4. The highest BCUT2D eigenvalue weighted by molar-refractivity contribution is 9.10. The Labute approximate surface area is 111 Å². The van der Waals surface area contributed by atoms with Gasteiger partial charge in [0.2, 0.25) is 0 Å². The smallest absolute Gasteiger partial charge is 0.105 e. The van der Waals surface area contributed by atoms with Crippen LogP contribution in [0.5, 0.6) is 0 Å². The van der Waals surface area contributed by atoms with E-state index in [1.807, 2.05) is 13.8 Å². The number of aliphatic hydroxyl groups is 1. The summed E-state index contributed by atoms with van der Waals surface area (Å²) in [4.78, 5) is 0. The van der Waals surface area contributed by atoms with Gasteiger partial charge in [-0.3, -0.25) is 0 Å². The van der Waals surface area contributed by atoms with Gasteiger partial charge in [-0.2, -0.15) is 0 Å². The standard InChI is InChI=1S/C14H19BrO2/c1-8-7-12(15)9(2)6-11(8)14(16)13-5-4-10(3)17-13/h6-7,10,13-14,16H,4-5H2,1-3H3. The molecule has 0 spiro atoms. The summed E-state index contributed by atoms with van der Waals surface area (Å²) < 4.78 is 6.83. The van der Waals surface area contributed by atoms with E-state index >= 15 is 0 Å². The lowest BCUT2D eigenvalue weighted by atomic mass is 9.96. The Bertz CT molecular complexity index is 417. The molecule has 0 amide bonds. The Hall–Kier alpha value is -0.380. The first-order valence-electron chi connectivity index (χ1n) is 6.09. The highest BCUT2D eigenvalue weighted by atomic mass is 79.9. The summed E-state index contributed by atoms with van der Waals surface area (Å²) in [5.41, 5.74) is 3.25. The topological polar surface area (TPSA) is 29.5 Å². The molecule has 3 heteroatoms. The Morgan fingerprint density at radius 1 is 1.29 bits per heavy atom. The fraction of sp³-hybridized carbons (Fsp3) is 0.571. The molecule has 94 valence electrons. The van der Waals surface area contributed by atoms with Crippen molar-refractivity contribution in [1.82, 2.24) is 0 Å². The zero-order valence-corrected chi connectivity index (χ0v) is 12.1. The van der Waals surface area contributed by atoms with Crippen molar-refractivity contribution >= 4 is 15.9 Å². The predicted octanol–water partition coefficient (Wildman–Crippen LogP) is 3.67. The van der Waals surface area contributed by atoms with E-state index in [9.17, 15) is 5.11 Å². The van der Waals surface area contributed by atoms with Crippen LogP contribution in [0.3, 0.4) is 0 Å². The fourth-order valence-corrected chi connectivity index (χ4v) is 2.85. The summed E-state index contributed by atoms with van der Waals surface area (Å²) >= 11 is 3.51. The van der Waals surface area contributed by atoms with E-state index in [1.54, 1.807) is 0 Å². The number of benzene rings is 1. The van der Waals surface area contributed by atoms with Crippen LogP contribution < -0.4 is 0 Å². The molecule has 0 radical (unpaired) electrons. The Kier molecular flexibility index (Phi) is 3.91. The highest BCUT2D eigenvalue weighted by Gasteiger charge is 2.30. The van der Waals surface area contributed by atoms with Crippen molar-refractivity contribution in [3.05, 3.63) is 33.3 Å². The average molecular weight is 299 g/mol. The van der Waals surface area contributed by atoms with E-state index in [2.05, 4.69) is 35.0 Å². The van der Waals surface area contributed by atoms with Crippen molar-refractivity contribution in [2.24, 2.45) is 0 Å². The minimum atomic E-state index is -0.508. The summed E-state index contributed by atoms with van der Waals surface area (Å²) in [5, 5.41) is 10.4. The second kappa shape index (κ2) is 5.09. The molecule has 0 bridgehead atoms. The lowest BCUT2D eigenvalue weighted by molar-refractivity contribution is -0.0300. The monoisotopic (exact) mass is 298 g/mol. The molecule has 3 unspecified atom stereocenters. The molecule has 1 saturated heterocycles. The normalized spacial score (nSPS) is 26.2. The quantitative estimate of drug-likeness (QED) is 0.903. The van der Waals surface area contributed by atoms with E-state index in [0.29, 0.717) is 0 Å². The zero-order valence-electron chi connectivity index (χ0n) is 10.5. The van der Waals surface area contributed by atoms with Gasteiger partial charge in [0.05, 0.1) is 12.2 Å². The number of halogens is 1. The summed E-state index contributed by atoms with van der Waals surface area (Å²) in [5.74, 6) is 0. The zero-order chi connectivity index (χ0) is 12.6. The van der Waals surface area contributed by atoms with Gasteiger partial charge < -0.3 is 9.84 Å². The number of rotatable bonds is 2. The maximum Gasteiger partial charge on any atom is 0.105 e. The number of hydrogen-bond acceptors (Lipinski definition) is 2. The number of hydrogen-bond donors (Lipinski definition) is 1. The minimum Gasteiger partial charge on any atom is -0.386 e. The molecule has 1 fully saturated rings. The fourth-order valence-electron chi connectivity index (χ4n) is 2.39. The largest absolute Gasteiger partial charge is 0.386 e. The molecule has 0 aliphatic carbocycles. The first-order valence-corrected chi connectivity index (χ1v) is 6.88. The number of ether oxygens (including phenoxy) is 1. The van der Waals surface area contributed by atoms with Gasteiger partial charge in [0.15, 0.2) is 0 Å². The molecule has 3 atom stereocenters. The van der Waals surface area contributed by atoms with Crippen LogP contribution in [-0.4, -0.2) is 17.3 Å². The molecule has 1 heterocycles. The first kappa shape index (κ1) is 13.1. The lowest BCUT2D eigenvalue weighted by Gasteiger charge is -2.21. The molecule has 0 aromatic heterocycles. The minimum absolute atomic E-state index is 0.0516. The van der Waals surface area contributed by atoms with Crippen LogP contribution in [0.15, 0.2) is 16.6 Å². The molecule has 1 aliphatic heterocycles. The average Bonchev–Trinajstić information content (AvgIpc) is 2.69. The maximum absolute atomic E-state index is 10.4. The Balaban J connectivity index is 2.24. The van der Waals surface area contributed by atoms with Crippen molar-refractivity contribution in [3.63, 3.8) is 0 Å².